The normalized spacial score (nSPS) is 11.0. The van der Waals surface area contributed by atoms with E-state index in [0.29, 0.717) is 0 Å². The van der Waals surface area contributed by atoms with E-state index < -0.39 is 23.4 Å². The van der Waals surface area contributed by atoms with Crippen LogP contribution in [0.1, 0.15) is 43.0 Å². The summed E-state index contributed by atoms with van der Waals surface area (Å²) in [5.41, 5.74) is 1.99. The Balaban J connectivity index is 3.57. The number of nitrogens with one attached hydrogen (secondary N) is 1. The van der Waals surface area contributed by atoms with Gasteiger partial charge in [0.25, 0.3) is 0 Å². The first-order chi connectivity index (χ1) is 12.7. The second kappa shape index (κ2) is 10.4. The largest absolute Gasteiger partial charge is 0.464 e. The van der Waals surface area contributed by atoms with Gasteiger partial charge in [-0.15, -0.1) is 0 Å². The molecule has 0 atom stereocenters. The first-order valence-electron chi connectivity index (χ1n) is 8.99. The fourth-order valence-corrected chi connectivity index (χ4v) is 3.56. The second-order valence-corrected chi connectivity index (χ2v) is 7.16. The van der Waals surface area contributed by atoms with Crippen LogP contribution in [0.3, 0.4) is 0 Å². The van der Waals surface area contributed by atoms with Crippen molar-refractivity contribution in [3.8, 4) is 0 Å². The molecule has 0 bridgehead atoms. The fourth-order valence-electron chi connectivity index (χ4n) is 3.16. The highest BCUT2D eigenvalue weighted by Crippen LogP contribution is 2.25. The number of aryl methyl sites for hydroxylation is 2. The predicted molar refractivity (Wildman–Crippen MR) is 107 cm³/mol. The SMILES string of the molecule is CCOC(=O)C(Cc1cc(C)cc(C)c1CCBr)(NC(C)=O)C(=O)OCC. The van der Waals surface area contributed by atoms with Crippen molar-refractivity contribution in [2.45, 2.75) is 53.0 Å². The zero-order valence-corrected chi connectivity index (χ0v) is 18.2. The Labute approximate surface area is 169 Å². The molecule has 1 N–H and O–H groups in total. The molecule has 0 aliphatic rings. The van der Waals surface area contributed by atoms with E-state index in [1.165, 1.54) is 6.92 Å². The molecule has 1 amide bonds. The van der Waals surface area contributed by atoms with Gasteiger partial charge < -0.3 is 14.8 Å². The topological polar surface area (TPSA) is 81.7 Å². The van der Waals surface area contributed by atoms with Crippen molar-refractivity contribution in [3.05, 3.63) is 34.4 Å². The van der Waals surface area contributed by atoms with E-state index >= 15 is 0 Å². The van der Waals surface area contributed by atoms with Gasteiger partial charge in [0.2, 0.25) is 11.4 Å². The summed E-state index contributed by atoms with van der Waals surface area (Å²) >= 11 is 3.45. The second-order valence-electron chi connectivity index (χ2n) is 6.36. The van der Waals surface area contributed by atoms with Crippen LogP contribution < -0.4 is 5.32 Å². The lowest BCUT2D eigenvalue weighted by atomic mass is 9.85. The van der Waals surface area contributed by atoms with Gasteiger partial charge in [-0.3, -0.25) is 4.79 Å². The number of alkyl halides is 1. The van der Waals surface area contributed by atoms with E-state index in [2.05, 4.69) is 27.3 Å². The molecule has 150 valence electrons. The third kappa shape index (κ3) is 5.79. The van der Waals surface area contributed by atoms with E-state index in [0.717, 1.165) is 34.0 Å². The van der Waals surface area contributed by atoms with Crippen LogP contribution in [-0.2, 0) is 36.7 Å². The minimum atomic E-state index is -1.92. The maximum Gasteiger partial charge on any atom is 0.344 e. The monoisotopic (exact) mass is 441 g/mol. The van der Waals surface area contributed by atoms with Gasteiger partial charge in [-0.25, -0.2) is 9.59 Å². The number of carbonyl (C=O) groups excluding carboxylic acids is 3. The van der Waals surface area contributed by atoms with Gasteiger partial charge >= 0.3 is 11.9 Å². The van der Waals surface area contributed by atoms with Crippen LogP contribution in [0.4, 0.5) is 0 Å². The van der Waals surface area contributed by atoms with Crippen molar-refractivity contribution >= 4 is 33.8 Å². The number of halogens is 1. The number of amides is 1. The summed E-state index contributed by atoms with van der Waals surface area (Å²) in [5, 5.41) is 3.25. The Kier molecular flexibility index (Phi) is 8.96. The summed E-state index contributed by atoms with van der Waals surface area (Å²) in [6.07, 6.45) is 0.693. The van der Waals surface area contributed by atoms with Gasteiger partial charge in [-0.2, -0.15) is 0 Å². The Morgan fingerprint density at radius 1 is 1.07 bits per heavy atom. The molecule has 0 fully saturated rings. The molecule has 1 rings (SSSR count). The molecule has 6 nitrogen and oxygen atoms in total. The number of hydrogen-bond donors (Lipinski definition) is 1. The quantitative estimate of drug-likeness (QED) is 0.361. The van der Waals surface area contributed by atoms with Crippen LogP contribution in [0.15, 0.2) is 12.1 Å². The number of rotatable bonds is 9. The van der Waals surface area contributed by atoms with Crippen molar-refractivity contribution in [2.75, 3.05) is 18.5 Å². The Morgan fingerprint density at radius 2 is 1.63 bits per heavy atom. The van der Waals surface area contributed by atoms with Gasteiger partial charge in [0.05, 0.1) is 13.2 Å². The lowest BCUT2D eigenvalue weighted by Crippen LogP contribution is -2.62. The smallest absolute Gasteiger partial charge is 0.344 e. The Hall–Kier alpha value is -1.89. The minimum Gasteiger partial charge on any atom is -0.464 e. The predicted octanol–water partition coefficient (Wildman–Crippen LogP) is 2.78. The van der Waals surface area contributed by atoms with Crippen molar-refractivity contribution in [2.24, 2.45) is 0 Å². The van der Waals surface area contributed by atoms with Crippen molar-refractivity contribution < 1.29 is 23.9 Å². The average Bonchev–Trinajstić information content (AvgIpc) is 2.57. The Bertz CT molecular complexity index is 684. The number of hydrogen-bond acceptors (Lipinski definition) is 5. The van der Waals surface area contributed by atoms with E-state index in [9.17, 15) is 14.4 Å². The van der Waals surface area contributed by atoms with Crippen LogP contribution in [0.5, 0.6) is 0 Å². The van der Waals surface area contributed by atoms with Crippen LogP contribution in [0.2, 0.25) is 0 Å². The minimum absolute atomic E-state index is 0.0326. The molecule has 0 saturated heterocycles. The number of esters is 2. The zero-order valence-electron chi connectivity index (χ0n) is 16.6. The number of carbonyl (C=O) groups is 3. The molecule has 0 aliphatic carbocycles. The third-order valence-corrected chi connectivity index (χ3v) is 4.54. The lowest BCUT2D eigenvalue weighted by Gasteiger charge is -2.31. The summed E-state index contributed by atoms with van der Waals surface area (Å²) in [5.74, 6) is -2.15. The third-order valence-electron chi connectivity index (χ3n) is 4.15. The molecule has 27 heavy (non-hydrogen) atoms. The molecule has 1 aromatic rings. The molecule has 0 aromatic heterocycles. The number of benzene rings is 1. The van der Waals surface area contributed by atoms with Gasteiger partial charge in [0.1, 0.15) is 0 Å². The molecular formula is C20H28BrNO5. The van der Waals surface area contributed by atoms with Crippen LogP contribution in [0, 0.1) is 13.8 Å². The standard InChI is InChI=1S/C20H28BrNO5/c1-6-26-18(24)20(22-15(5)23,19(25)27-7-2)12-16-11-13(3)10-14(4)17(16)8-9-21/h10-11H,6-9,12H2,1-5H3,(H,22,23). The van der Waals surface area contributed by atoms with E-state index in [1.807, 2.05) is 19.9 Å². The molecule has 0 heterocycles. The molecule has 0 aliphatic heterocycles. The zero-order chi connectivity index (χ0) is 20.6. The van der Waals surface area contributed by atoms with E-state index in [4.69, 9.17) is 9.47 Å². The Morgan fingerprint density at radius 3 is 2.07 bits per heavy atom. The number of ether oxygens (including phenoxy) is 2. The van der Waals surface area contributed by atoms with Gasteiger partial charge in [0, 0.05) is 18.7 Å². The first kappa shape index (κ1) is 23.1. The van der Waals surface area contributed by atoms with Gasteiger partial charge in [-0.05, 0) is 50.8 Å². The van der Waals surface area contributed by atoms with Gasteiger partial charge in [0.15, 0.2) is 0 Å². The summed E-state index contributed by atoms with van der Waals surface area (Å²) < 4.78 is 10.3. The molecule has 0 radical (unpaired) electrons. The molecule has 0 spiro atoms. The summed E-state index contributed by atoms with van der Waals surface area (Å²) in [4.78, 5) is 37.5. The highest BCUT2D eigenvalue weighted by atomic mass is 79.9. The fraction of sp³-hybridized carbons (Fsp3) is 0.550. The molecule has 1 aromatic carbocycles. The summed E-state index contributed by atoms with van der Waals surface area (Å²) in [6, 6.07) is 3.98. The van der Waals surface area contributed by atoms with Crippen LogP contribution >= 0.6 is 15.9 Å². The van der Waals surface area contributed by atoms with Crippen molar-refractivity contribution in [1.82, 2.24) is 5.32 Å². The molecule has 7 heteroatoms. The lowest BCUT2D eigenvalue weighted by molar-refractivity contribution is -0.168. The molecular weight excluding hydrogens is 414 g/mol. The highest BCUT2D eigenvalue weighted by Gasteiger charge is 2.50. The van der Waals surface area contributed by atoms with Crippen molar-refractivity contribution in [1.29, 1.82) is 0 Å². The first-order valence-corrected chi connectivity index (χ1v) is 10.1. The van der Waals surface area contributed by atoms with Crippen LogP contribution in [-0.4, -0.2) is 41.9 Å². The van der Waals surface area contributed by atoms with Crippen molar-refractivity contribution in [3.63, 3.8) is 0 Å². The molecule has 0 unspecified atom stereocenters. The average molecular weight is 442 g/mol. The highest BCUT2D eigenvalue weighted by molar-refractivity contribution is 9.09. The van der Waals surface area contributed by atoms with Crippen LogP contribution in [0.25, 0.3) is 0 Å². The van der Waals surface area contributed by atoms with E-state index in [1.54, 1.807) is 13.8 Å². The summed E-state index contributed by atoms with van der Waals surface area (Å²) in [6.45, 7) is 8.66. The maximum atomic E-state index is 12.8. The summed E-state index contributed by atoms with van der Waals surface area (Å²) in [7, 11) is 0. The maximum absolute atomic E-state index is 12.8. The molecule has 0 saturated carbocycles. The van der Waals surface area contributed by atoms with E-state index in [-0.39, 0.29) is 19.6 Å². The van der Waals surface area contributed by atoms with Gasteiger partial charge in [-0.1, -0.05) is 33.6 Å².